The molecule has 2 rings (SSSR count). The van der Waals surface area contributed by atoms with Crippen LogP contribution < -0.4 is 5.73 Å². The Morgan fingerprint density at radius 2 is 2.31 bits per heavy atom. The molecule has 0 saturated heterocycles. The van der Waals surface area contributed by atoms with Crippen LogP contribution in [0.15, 0.2) is 23.1 Å². The molecule has 1 aromatic carbocycles. The first-order chi connectivity index (χ1) is 7.81. The van der Waals surface area contributed by atoms with Crippen LogP contribution in [0.5, 0.6) is 0 Å². The van der Waals surface area contributed by atoms with Gasteiger partial charge in [0.1, 0.15) is 0 Å². The minimum Gasteiger partial charge on any atom is -0.396 e. The zero-order valence-corrected chi connectivity index (χ0v) is 10.3. The summed E-state index contributed by atoms with van der Waals surface area (Å²) in [5, 5.41) is 8.80. The Balaban J connectivity index is 2.10. The van der Waals surface area contributed by atoms with Crippen molar-refractivity contribution in [3.8, 4) is 0 Å². The van der Waals surface area contributed by atoms with Gasteiger partial charge in [0.25, 0.3) is 0 Å². The number of rotatable bonds is 4. The summed E-state index contributed by atoms with van der Waals surface area (Å²) in [4.78, 5) is 1.42. The van der Waals surface area contributed by atoms with Crippen molar-refractivity contribution in [2.75, 3.05) is 12.4 Å². The van der Waals surface area contributed by atoms with E-state index in [1.54, 1.807) is 0 Å². The Morgan fingerprint density at radius 1 is 1.44 bits per heavy atom. The number of thioether (sulfide) groups is 1. The van der Waals surface area contributed by atoms with E-state index in [0.29, 0.717) is 0 Å². The lowest BCUT2D eigenvalue weighted by atomic mass is 9.99. The fourth-order valence-corrected chi connectivity index (χ4v) is 3.11. The second kappa shape index (κ2) is 5.71. The molecule has 1 unspecified atom stereocenters. The third-order valence-corrected chi connectivity index (χ3v) is 4.24. The van der Waals surface area contributed by atoms with Crippen molar-refractivity contribution in [2.45, 2.75) is 36.6 Å². The van der Waals surface area contributed by atoms with Gasteiger partial charge in [0.15, 0.2) is 0 Å². The Hall–Kier alpha value is -0.510. The van der Waals surface area contributed by atoms with Crippen molar-refractivity contribution >= 4 is 11.8 Å². The molecule has 0 aromatic heterocycles. The quantitative estimate of drug-likeness (QED) is 0.845. The van der Waals surface area contributed by atoms with Gasteiger partial charge >= 0.3 is 0 Å². The maximum absolute atomic E-state index is 8.80. The van der Waals surface area contributed by atoms with Gasteiger partial charge in [-0.3, -0.25) is 0 Å². The molecule has 1 aromatic rings. The fraction of sp³-hybridized carbons (Fsp3) is 0.538. The molecule has 1 atom stereocenters. The lowest BCUT2D eigenvalue weighted by molar-refractivity contribution is 0.280. The standard InChI is InChI=1S/C13H19NOS/c14-12(4-1-7-15)10-5-6-13-11(9-10)3-2-8-16-13/h5-6,9,12,15H,1-4,7-8,14H2. The Kier molecular flexibility index (Phi) is 4.27. The van der Waals surface area contributed by atoms with Gasteiger partial charge in [0, 0.05) is 17.5 Å². The molecule has 16 heavy (non-hydrogen) atoms. The lowest BCUT2D eigenvalue weighted by Crippen LogP contribution is -2.12. The van der Waals surface area contributed by atoms with E-state index in [1.165, 1.54) is 34.6 Å². The van der Waals surface area contributed by atoms with E-state index in [2.05, 4.69) is 18.2 Å². The van der Waals surface area contributed by atoms with Crippen LogP contribution in [-0.2, 0) is 6.42 Å². The summed E-state index contributed by atoms with van der Waals surface area (Å²) in [7, 11) is 0. The molecule has 1 aliphatic heterocycles. The third-order valence-electron chi connectivity index (χ3n) is 3.03. The van der Waals surface area contributed by atoms with Crippen molar-refractivity contribution in [2.24, 2.45) is 5.73 Å². The largest absolute Gasteiger partial charge is 0.396 e. The van der Waals surface area contributed by atoms with E-state index < -0.39 is 0 Å². The average molecular weight is 237 g/mol. The van der Waals surface area contributed by atoms with Crippen molar-refractivity contribution in [3.05, 3.63) is 29.3 Å². The summed E-state index contributed by atoms with van der Waals surface area (Å²) >= 11 is 1.95. The molecule has 88 valence electrons. The summed E-state index contributed by atoms with van der Waals surface area (Å²) in [6.07, 6.45) is 4.10. The van der Waals surface area contributed by atoms with Crippen LogP contribution >= 0.6 is 11.8 Å². The summed E-state index contributed by atoms with van der Waals surface area (Å²) in [5.41, 5.74) is 8.77. The number of aliphatic hydroxyl groups excluding tert-OH is 1. The second-order valence-corrected chi connectivity index (χ2v) is 5.43. The van der Waals surface area contributed by atoms with Crippen LogP contribution in [-0.4, -0.2) is 17.5 Å². The highest BCUT2D eigenvalue weighted by Gasteiger charge is 2.12. The van der Waals surface area contributed by atoms with E-state index in [1.807, 2.05) is 11.8 Å². The highest BCUT2D eigenvalue weighted by molar-refractivity contribution is 7.99. The van der Waals surface area contributed by atoms with Gasteiger partial charge in [-0.2, -0.15) is 0 Å². The molecule has 2 nitrogen and oxygen atoms in total. The smallest absolute Gasteiger partial charge is 0.0431 e. The van der Waals surface area contributed by atoms with Gasteiger partial charge < -0.3 is 10.8 Å². The van der Waals surface area contributed by atoms with Gasteiger partial charge in [0.2, 0.25) is 0 Å². The number of hydrogen-bond acceptors (Lipinski definition) is 3. The number of benzene rings is 1. The zero-order valence-electron chi connectivity index (χ0n) is 9.48. The summed E-state index contributed by atoms with van der Waals surface area (Å²) in [5.74, 6) is 1.24. The molecule has 0 fully saturated rings. The highest BCUT2D eigenvalue weighted by Crippen LogP contribution is 2.31. The normalized spacial score (nSPS) is 16.9. The minimum absolute atomic E-state index is 0.0735. The predicted molar refractivity (Wildman–Crippen MR) is 68.7 cm³/mol. The topological polar surface area (TPSA) is 46.2 Å². The van der Waals surface area contributed by atoms with E-state index in [9.17, 15) is 0 Å². The number of fused-ring (bicyclic) bond motifs is 1. The van der Waals surface area contributed by atoms with Crippen LogP contribution in [0.25, 0.3) is 0 Å². The monoisotopic (exact) mass is 237 g/mol. The molecular formula is C13H19NOS. The molecular weight excluding hydrogens is 218 g/mol. The fourth-order valence-electron chi connectivity index (χ4n) is 2.09. The molecule has 0 aliphatic carbocycles. The molecule has 1 heterocycles. The lowest BCUT2D eigenvalue weighted by Gasteiger charge is -2.18. The van der Waals surface area contributed by atoms with Crippen LogP contribution in [0.2, 0.25) is 0 Å². The van der Waals surface area contributed by atoms with Gasteiger partial charge in [-0.1, -0.05) is 12.1 Å². The van der Waals surface area contributed by atoms with E-state index in [-0.39, 0.29) is 12.6 Å². The molecule has 0 amide bonds. The molecule has 0 bridgehead atoms. The first-order valence-corrected chi connectivity index (χ1v) is 6.92. The summed E-state index contributed by atoms with van der Waals surface area (Å²) < 4.78 is 0. The van der Waals surface area contributed by atoms with Gasteiger partial charge in [-0.05, 0) is 48.6 Å². The summed E-state index contributed by atoms with van der Waals surface area (Å²) in [6.45, 7) is 0.231. The molecule has 0 spiro atoms. The Labute approximate surface area is 101 Å². The molecule has 1 aliphatic rings. The first-order valence-electron chi connectivity index (χ1n) is 5.93. The van der Waals surface area contributed by atoms with Gasteiger partial charge in [-0.15, -0.1) is 11.8 Å². The minimum atomic E-state index is 0.0735. The summed E-state index contributed by atoms with van der Waals surface area (Å²) in [6, 6.07) is 6.67. The van der Waals surface area contributed by atoms with E-state index in [0.717, 1.165) is 12.8 Å². The van der Waals surface area contributed by atoms with Gasteiger partial charge in [0.05, 0.1) is 0 Å². The number of aryl methyl sites for hydroxylation is 1. The number of aliphatic hydroxyl groups is 1. The van der Waals surface area contributed by atoms with Crippen molar-refractivity contribution in [1.29, 1.82) is 0 Å². The van der Waals surface area contributed by atoms with Crippen molar-refractivity contribution in [1.82, 2.24) is 0 Å². The second-order valence-electron chi connectivity index (χ2n) is 4.29. The van der Waals surface area contributed by atoms with Crippen LogP contribution in [0.1, 0.15) is 36.4 Å². The molecule has 0 saturated carbocycles. The zero-order chi connectivity index (χ0) is 11.4. The van der Waals surface area contributed by atoms with E-state index in [4.69, 9.17) is 10.8 Å². The SMILES string of the molecule is NC(CCCO)c1ccc2c(c1)CCCS2. The van der Waals surface area contributed by atoms with Crippen LogP contribution in [0, 0.1) is 0 Å². The van der Waals surface area contributed by atoms with Gasteiger partial charge in [-0.25, -0.2) is 0 Å². The highest BCUT2D eigenvalue weighted by atomic mass is 32.2. The third kappa shape index (κ3) is 2.78. The Morgan fingerprint density at radius 3 is 3.12 bits per heavy atom. The average Bonchev–Trinajstić information content (AvgIpc) is 2.35. The van der Waals surface area contributed by atoms with E-state index >= 15 is 0 Å². The molecule has 0 radical (unpaired) electrons. The number of nitrogens with two attached hydrogens (primary N) is 1. The molecule has 3 N–H and O–H groups in total. The molecule has 3 heteroatoms. The first kappa shape index (κ1) is 12.0. The van der Waals surface area contributed by atoms with Crippen LogP contribution in [0.3, 0.4) is 0 Å². The van der Waals surface area contributed by atoms with Crippen molar-refractivity contribution in [3.63, 3.8) is 0 Å². The van der Waals surface area contributed by atoms with Crippen molar-refractivity contribution < 1.29 is 5.11 Å². The van der Waals surface area contributed by atoms with Crippen LogP contribution in [0.4, 0.5) is 0 Å². The predicted octanol–water partition coefficient (Wildman–Crippen LogP) is 2.50. The Bertz CT molecular complexity index is 354. The maximum atomic E-state index is 8.80. The maximum Gasteiger partial charge on any atom is 0.0431 e. The number of hydrogen-bond donors (Lipinski definition) is 2.